The SMILES string of the molecule is CCCCOC(=O)C[C@H](C)B1OC(C)(C)C(C)(C)O1. The van der Waals surface area contributed by atoms with Crippen LogP contribution in [0, 0.1) is 0 Å². The van der Waals surface area contributed by atoms with Crippen LogP contribution in [0.5, 0.6) is 0 Å². The molecular formula is C14H27BO4. The molecule has 110 valence electrons. The zero-order valence-corrected chi connectivity index (χ0v) is 13.1. The molecule has 1 rings (SSSR count). The first kappa shape index (κ1) is 16.5. The molecule has 0 aromatic rings. The average molecular weight is 270 g/mol. The van der Waals surface area contributed by atoms with Crippen molar-refractivity contribution in [2.75, 3.05) is 6.61 Å². The van der Waals surface area contributed by atoms with Crippen molar-refractivity contribution < 1.29 is 18.8 Å². The molecule has 1 aliphatic rings. The number of rotatable bonds is 6. The van der Waals surface area contributed by atoms with Crippen LogP contribution in [0.15, 0.2) is 0 Å². The molecule has 0 radical (unpaired) electrons. The summed E-state index contributed by atoms with van der Waals surface area (Å²) in [6, 6.07) is 0. The monoisotopic (exact) mass is 270 g/mol. The van der Waals surface area contributed by atoms with Gasteiger partial charge in [0.15, 0.2) is 0 Å². The van der Waals surface area contributed by atoms with Crippen molar-refractivity contribution in [3.63, 3.8) is 0 Å². The molecule has 5 heteroatoms. The minimum atomic E-state index is -0.349. The van der Waals surface area contributed by atoms with Crippen molar-refractivity contribution in [3.05, 3.63) is 0 Å². The third-order valence-electron chi connectivity index (χ3n) is 3.99. The number of unbranched alkanes of at least 4 members (excludes halogenated alkanes) is 1. The molecule has 4 nitrogen and oxygen atoms in total. The van der Waals surface area contributed by atoms with E-state index in [2.05, 4.69) is 6.92 Å². The van der Waals surface area contributed by atoms with E-state index in [1.54, 1.807) is 0 Å². The van der Waals surface area contributed by atoms with Crippen LogP contribution in [-0.4, -0.2) is 30.9 Å². The zero-order valence-electron chi connectivity index (χ0n) is 13.1. The van der Waals surface area contributed by atoms with Gasteiger partial charge in [-0.05, 0) is 34.1 Å². The average Bonchev–Trinajstić information content (AvgIpc) is 2.48. The zero-order chi connectivity index (χ0) is 14.7. The quantitative estimate of drug-likeness (QED) is 0.422. The molecule has 1 fully saturated rings. The molecule has 0 aromatic heterocycles. The largest absolute Gasteiger partial charge is 0.466 e. The first-order valence-electron chi connectivity index (χ1n) is 7.21. The van der Waals surface area contributed by atoms with Crippen molar-refractivity contribution in [2.45, 2.75) is 77.8 Å². The van der Waals surface area contributed by atoms with Crippen molar-refractivity contribution >= 4 is 13.1 Å². The highest BCUT2D eigenvalue weighted by atomic mass is 16.7. The second kappa shape index (κ2) is 6.27. The highest BCUT2D eigenvalue weighted by Crippen LogP contribution is 2.40. The van der Waals surface area contributed by atoms with Crippen LogP contribution in [0.4, 0.5) is 0 Å². The Morgan fingerprint density at radius 3 is 2.21 bits per heavy atom. The minimum Gasteiger partial charge on any atom is -0.466 e. The molecule has 19 heavy (non-hydrogen) atoms. The highest BCUT2D eigenvalue weighted by molar-refractivity contribution is 6.47. The second-order valence-electron chi connectivity index (χ2n) is 6.38. The lowest BCUT2D eigenvalue weighted by Crippen LogP contribution is -2.41. The highest BCUT2D eigenvalue weighted by Gasteiger charge is 2.52. The van der Waals surface area contributed by atoms with Crippen molar-refractivity contribution in [1.29, 1.82) is 0 Å². The van der Waals surface area contributed by atoms with E-state index in [9.17, 15) is 4.79 Å². The summed E-state index contributed by atoms with van der Waals surface area (Å²) in [6.07, 6.45) is 2.28. The first-order valence-corrected chi connectivity index (χ1v) is 7.21. The summed E-state index contributed by atoms with van der Waals surface area (Å²) >= 11 is 0. The third kappa shape index (κ3) is 4.21. The van der Waals surface area contributed by atoms with Crippen LogP contribution in [0.2, 0.25) is 5.82 Å². The molecule has 0 aromatic carbocycles. The fourth-order valence-corrected chi connectivity index (χ4v) is 1.87. The topological polar surface area (TPSA) is 44.8 Å². The molecule has 0 N–H and O–H groups in total. The van der Waals surface area contributed by atoms with E-state index < -0.39 is 0 Å². The van der Waals surface area contributed by atoms with Gasteiger partial charge in [-0.3, -0.25) is 4.79 Å². The van der Waals surface area contributed by atoms with Crippen LogP contribution in [0.1, 0.15) is 60.8 Å². The lowest BCUT2D eigenvalue weighted by Gasteiger charge is -2.32. The Morgan fingerprint density at radius 2 is 1.74 bits per heavy atom. The molecule has 0 aliphatic carbocycles. The van der Waals surface area contributed by atoms with Crippen LogP contribution < -0.4 is 0 Å². The molecule has 1 heterocycles. The van der Waals surface area contributed by atoms with Gasteiger partial charge >= 0.3 is 13.1 Å². The van der Waals surface area contributed by atoms with E-state index in [1.807, 2.05) is 34.6 Å². The Hall–Kier alpha value is -0.545. The smallest absolute Gasteiger partial charge is 0.461 e. The van der Waals surface area contributed by atoms with Gasteiger partial charge in [-0.25, -0.2) is 0 Å². The van der Waals surface area contributed by atoms with Gasteiger partial charge in [-0.2, -0.15) is 0 Å². The number of ether oxygens (including phenoxy) is 1. The van der Waals surface area contributed by atoms with E-state index in [-0.39, 0.29) is 30.1 Å². The summed E-state index contributed by atoms with van der Waals surface area (Å²) in [4.78, 5) is 11.7. The van der Waals surface area contributed by atoms with E-state index >= 15 is 0 Å². The van der Waals surface area contributed by atoms with E-state index in [4.69, 9.17) is 14.0 Å². The van der Waals surface area contributed by atoms with Crippen LogP contribution in [-0.2, 0) is 18.8 Å². The Labute approximate surface area is 117 Å². The summed E-state index contributed by atoms with van der Waals surface area (Å²) < 4.78 is 17.0. The lowest BCUT2D eigenvalue weighted by molar-refractivity contribution is -0.143. The first-order chi connectivity index (χ1) is 8.69. The van der Waals surface area contributed by atoms with Gasteiger partial charge in [0.05, 0.1) is 17.8 Å². The molecule has 1 aliphatic heterocycles. The van der Waals surface area contributed by atoms with Crippen molar-refractivity contribution in [2.24, 2.45) is 0 Å². The molecule has 0 saturated carbocycles. The van der Waals surface area contributed by atoms with Crippen molar-refractivity contribution in [1.82, 2.24) is 0 Å². The maximum atomic E-state index is 11.7. The van der Waals surface area contributed by atoms with E-state index in [0.717, 1.165) is 12.8 Å². The van der Waals surface area contributed by atoms with Crippen molar-refractivity contribution in [3.8, 4) is 0 Å². The molecule has 1 saturated heterocycles. The second-order valence-corrected chi connectivity index (χ2v) is 6.38. The van der Waals surface area contributed by atoms with E-state index in [0.29, 0.717) is 13.0 Å². The predicted molar refractivity (Wildman–Crippen MR) is 76.0 cm³/mol. The summed E-state index contributed by atoms with van der Waals surface area (Å²) in [5, 5.41) is 0. The Bertz CT molecular complexity index is 299. The van der Waals surface area contributed by atoms with Gasteiger partial charge in [0, 0.05) is 12.2 Å². The minimum absolute atomic E-state index is 0.00447. The standard InChI is InChI=1S/C14H27BO4/c1-7-8-9-17-12(16)10-11(2)15-18-13(3,4)14(5,6)19-15/h11H,7-10H2,1-6H3/t11-/m0/s1. The van der Waals surface area contributed by atoms with Gasteiger partial charge in [0.2, 0.25) is 0 Å². The van der Waals surface area contributed by atoms with Gasteiger partial charge in [-0.1, -0.05) is 20.3 Å². The van der Waals surface area contributed by atoms with Gasteiger partial charge in [-0.15, -0.1) is 0 Å². The summed E-state index contributed by atoms with van der Waals surface area (Å²) in [6.45, 7) is 12.6. The molecule has 0 amide bonds. The lowest BCUT2D eigenvalue weighted by atomic mass is 9.71. The number of esters is 1. The number of hydrogen-bond acceptors (Lipinski definition) is 4. The molecule has 0 unspecified atom stereocenters. The number of carbonyl (C=O) groups is 1. The Morgan fingerprint density at radius 1 is 1.21 bits per heavy atom. The Kier molecular flexibility index (Phi) is 5.45. The number of carbonyl (C=O) groups excluding carboxylic acids is 1. The van der Waals surface area contributed by atoms with Gasteiger partial charge in [0.25, 0.3) is 0 Å². The normalized spacial score (nSPS) is 22.3. The van der Waals surface area contributed by atoms with Gasteiger partial charge in [0.1, 0.15) is 0 Å². The fraction of sp³-hybridized carbons (Fsp3) is 0.929. The maximum Gasteiger partial charge on any atom is 0.461 e. The summed E-state index contributed by atoms with van der Waals surface area (Å²) in [5.41, 5.74) is -0.698. The van der Waals surface area contributed by atoms with Crippen LogP contribution >= 0.6 is 0 Å². The third-order valence-corrected chi connectivity index (χ3v) is 3.99. The molecule has 0 bridgehead atoms. The molecule has 1 atom stereocenters. The van der Waals surface area contributed by atoms with Crippen LogP contribution in [0.25, 0.3) is 0 Å². The van der Waals surface area contributed by atoms with E-state index in [1.165, 1.54) is 0 Å². The number of hydrogen-bond donors (Lipinski definition) is 0. The molecular weight excluding hydrogens is 243 g/mol. The Balaban J connectivity index is 2.43. The maximum absolute atomic E-state index is 11.7. The summed E-state index contributed by atoms with van der Waals surface area (Å²) in [7, 11) is -0.344. The predicted octanol–water partition coefficient (Wildman–Crippen LogP) is 3.20. The van der Waals surface area contributed by atoms with Crippen LogP contribution in [0.3, 0.4) is 0 Å². The molecule has 0 spiro atoms. The van der Waals surface area contributed by atoms with Gasteiger partial charge < -0.3 is 14.0 Å². The fourth-order valence-electron chi connectivity index (χ4n) is 1.87. The summed E-state index contributed by atoms with van der Waals surface area (Å²) in [5.74, 6) is -0.175.